The Labute approximate surface area is 116 Å². The van der Waals surface area contributed by atoms with Crippen LogP contribution in [-0.2, 0) is 13.1 Å². The summed E-state index contributed by atoms with van der Waals surface area (Å²) in [5.74, 6) is 0. The molecule has 0 aliphatic heterocycles. The smallest absolute Gasteiger partial charge is 0.0560 e. The van der Waals surface area contributed by atoms with Crippen molar-refractivity contribution in [1.29, 1.82) is 0 Å². The second-order valence-electron chi connectivity index (χ2n) is 4.80. The standard InChI is InChI=1S/C15H17N3S/c1-12(11-18-7-2-6-17-18)16-10-13-3-4-15-14(9-13)5-8-19-15/h2-9,12,16H,10-11H2,1H3. The first-order chi connectivity index (χ1) is 9.31. The fraction of sp³-hybridized carbons (Fsp3) is 0.267. The van der Waals surface area contributed by atoms with Gasteiger partial charge < -0.3 is 5.32 Å². The molecule has 98 valence electrons. The van der Waals surface area contributed by atoms with Gasteiger partial charge in [-0.2, -0.15) is 5.10 Å². The molecule has 0 aliphatic carbocycles. The van der Waals surface area contributed by atoms with Gasteiger partial charge >= 0.3 is 0 Å². The van der Waals surface area contributed by atoms with Gasteiger partial charge in [-0.25, -0.2) is 0 Å². The average Bonchev–Trinajstić information content (AvgIpc) is 3.06. The molecule has 0 fully saturated rings. The number of nitrogens with zero attached hydrogens (tertiary/aromatic N) is 2. The van der Waals surface area contributed by atoms with Crippen molar-refractivity contribution in [2.45, 2.75) is 26.1 Å². The molecule has 4 heteroatoms. The fourth-order valence-corrected chi connectivity index (χ4v) is 2.94. The highest BCUT2D eigenvalue weighted by atomic mass is 32.1. The van der Waals surface area contributed by atoms with Crippen molar-refractivity contribution in [3.63, 3.8) is 0 Å². The number of thiophene rings is 1. The van der Waals surface area contributed by atoms with E-state index in [9.17, 15) is 0 Å². The van der Waals surface area contributed by atoms with Crippen molar-refractivity contribution in [2.24, 2.45) is 0 Å². The van der Waals surface area contributed by atoms with Crippen LogP contribution in [0.3, 0.4) is 0 Å². The molecule has 0 radical (unpaired) electrons. The summed E-state index contributed by atoms with van der Waals surface area (Å²) in [4.78, 5) is 0. The van der Waals surface area contributed by atoms with Gasteiger partial charge in [-0.3, -0.25) is 4.68 Å². The third-order valence-electron chi connectivity index (χ3n) is 3.19. The van der Waals surface area contributed by atoms with Gasteiger partial charge in [0.2, 0.25) is 0 Å². The van der Waals surface area contributed by atoms with Crippen LogP contribution < -0.4 is 5.32 Å². The second-order valence-corrected chi connectivity index (χ2v) is 5.75. The Kier molecular flexibility index (Phi) is 3.62. The summed E-state index contributed by atoms with van der Waals surface area (Å²) in [5.41, 5.74) is 1.33. The van der Waals surface area contributed by atoms with Gasteiger partial charge in [0.1, 0.15) is 0 Å². The maximum atomic E-state index is 4.22. The van der Waals surface area contributed by atoms with Crippen molar-refractivity contribution in [3.8, 4) is 0 Å². The van der Waals surface area contributed by atoms with Crippen molar-refractivity contribution in [2.75, 3.05) is 0 Å². The van der Waals surface area contributed by atoms with Gasteiger partial charge in [-0.1, -0.05) is 6.07 Å². The number of nitrogens with one attached hydrogen (secondary N) is 1. The van der Waals surface area contributed by atoms with Crippen LogP contribution in [-0.4, -0.2) is 15.8 Å². The molecule has 2 aromatic heterocycles. The maximum Gasteiger partial charge on any atom is 0.0560 e. The second kappa shape index (κ2) is 5.55. The van der Waals surface area contributed by atoms with E-state index >= 15 is 0 Å². The Bertz CT molecular complexity index is 642. The van der Waals surface area contributed by atoms with Crippen molar-refractivity contribution in [1.82, 2.24) is 15.1 Å². The summed E-state index contributed by atoms with van der Waals surface area (Å²) < 4.78 is 3.31. The van der Waals surface area contributed by atoms with E-state index in [0.29, 0.717) is 6.04 Å². The van der Waals surface area contributed by atoms with Crippen molar-refractivity contribution < 1.29 is 0 Å². The molecule has 0 spiro atoms. The van der Waals surface area contributed by atoms with E-state index in [4.69, 9.17) is 0 Å². The molecule has 1 atom stereocenters. The SMILES string of the molecule is CC(Cn1cccn1)NCc1ccc2sccc2c1. The van der Waals surface area contributed by atoms with Gasteiger partial charge in [0.15, 0.2) is 0 Å². The molecule has 0 saturated heterocycles. The fourth-order valence-electron chi connectivity index (χ4n) is 2.17. The first-order valence-corrected chi connectivity index (χ1v) is 7.36. The van der Waals surface area contributed by atoms with Crippen LogP contribution in [0.1, 0.15) is 12.5 Å². The minimum Gasteiger partial charge on any atom is -0.308 e. The van der Waals surface area contributed by atoms with Gasteiger partial charge in [-0.15, -0.1) is 11.3 Å². The lowest BCUT2D eigenvalue weighted by Crippen LogP contribution is -2.30. The lowest BCUT2D eigenvalue weighted by Gasteiger charge is -2.14. The topological polar surface area (TPSA) is 29.9 Å². The minimum absolute atomic E-state index is 0.401. The average molecular weight is 271 g/mol. The van der Waals surface area contributed by atoms with E-state index < -0.39 is 0 Å². The van der Waals surface area contributed by atoms with Gasteiger partial charge in [-0.05, 0) is 47.5 Å². The molecule has 3 nitrogen and oxygen atoms in total. The van der Waals surface area contributed by atoms with Crippen LogP contribution in [0.2, 0.25) is 0 Å². The van der Waals surface area contributed by atoms with Crippen LogP contribution >= 0.6 is 11.3 Å². The monoisotopic (exact) mass is 271 g/mol. The van der Waals surface area contributed by atoms with E-state index in [1.165, 1.54) is 15.6 Å². The number of rotatable bonds is 5. The van der Waals surface area contributed by atoms with E-state index in [2.05, 4.69) is 47.0 Å². The zero-order valence-corrected chi connectivity index (χ0v) is 11.7. The van der Waals surface area contributed by atoms with E-state index in [1.54, 1.807) is 11.3 Å². The van der Waals surface area contributed by atoms with Crippen LogP contribution in [0.15, 0.2) is 48.1 Å². The maximum absolute atomic E-state index is 4.22. The molecule has 1 unspecified atom stereocenters. The first-order valence-electron chi connectivity index (χ1n) is 6.48. The van der Waals surface area contributed by atoms with E-state index in [1.807, 2.05) is 23.1 Å². The third kappa shape index (κ3) is 3.03. The molecule has 1 aromatic carbocycles. The van der Waals surface area contributed by atoms with E-state index in [0.717, 1.165) is 13.1 Å². The predicted octanol–water partition coefficient (Wildman–Crippen LogP) is 3.28. The van der Waals surface area contributed by atoms with Gasteiger partial charge in [0, 0.05) is 29.7 Å². The molecule has 3 rings (SSSR count). The Hall–Kier alpha value is -1.65. The molecule has 0 bridgehead atoms. The molecule has 0 aliphatic rings. The number of benzene rings is 1. The molecule has 3 aromatic rings. The minimum atomic E-state index is 0.401. The summed E-state index contributed by atoms with van der Waals surface area (Å²) in [6.45, 7) is 3.98. The van der Waals surface area contributed by atoms with Crippen LogP contribution in [0.4, 0.5) is 0 Å². The predicted molar refractivity (Wildman–Crippen MR) is 80.4 cm³/mol. The molecule has 0 amide bonds. The highest BCUT2D eigenvalue weighted by molar-refractivity contribution is 7.17. The van der Waals surface area contributed by atoms with Crippen molar-refractivity contribution in [3.05, 3.63) is 53.7 Å². The Morgan fingerprint density at radius 3 is 3.16 bits per heavy atom. The van der Waals surface area contributed by atoms with Crippen LogP contribution in [0.5, 0.6) is 0 Å². The summed E-state index contributed by atoms with van der Waals surface area (Å²) >= 11 is 1.79. The zero-order valence-electron chi connectivity index (χ0n) is 10.9. The Morgan fingerprint density at radius 2 is 2.32 bits per heavy atom. The summed E-state index contributed by atoms with van der Waals surface area (Å²) in [7, 11) is 0. The molecular weight excluding hydrogens is 254 g/mol. The molecular formula is C15H17N3S. The Morgan fingerprint density at radius 1 is 1.37 bits per heavy atom. The van der Waals surface area contributed by atoms with Gasteiger partial charge in [0.25, 0.3) is 0 Å². The van der Waals surface area contributed by atoms with Crippen LogP contribution in [0, 0.1) is 0 Å². The summed E-state index contributed by atoms with van der Waals surface area (Å²) in [5, 5.41) is 11.2. The molecule has 19 heavy (non-hydrogen) atoms. The summed E-state index contributed by atoms with van der Waals surface area (Å²) in [6, 6.07) is 11.2. The number of fused-ring (bicyclic) bond motifs is 1. The van der Waals surface area contributed by atoms with Crippen molar-refractivity contribution >= 4 is 21.4 Å². The van der Waals surface area contributed by atoms with Gasteiger partial charge in [0.05, 0.1) is 6.54 Å². The van der Waals surface area contributed by atoms with E-state index in [-0.39, 0.29) is 0 Å². The quantitative estimate of drug-likeness (QED) is 0.772. The highest BCUT2D eigenvalue weighted by Gasteiger charge is 2.03. The number of hydrogen-bond acceptors (Lipinski definition) is 3. The normalized spacial score (nSPS) is 12.9. The lowest BCUT2D eigenvalue weighted by atomic mass is 10.1. The number of hydrogen-bond donors (Lipinski definition) is 1. The first kappa shape index (κ1) is 12.4. The third-order valence-corrected chi connectivity index (χ3v) is 4.09. The Balaban J connectivity index is 1.59. The molecule has 0 saturated carbocycles. The molecule has 2 heterocycles. The number of aromatic nitrogens is 2. The largest absolute Gasteiger partial charge is 0.308 e. The lowest BCUT2D eigenvalue weighted by molar-refractivity contribution is 0.451. The summed E-state index contributed by atoms with van der Waals surface area (Å²) in [6.07, 6.45) is 3.81. The van der Waals surface area contributed by atoms with Crippen LogP contribution in [0.25, 0.3) is 10.1 Å². The highest BCUT2D eigenvalue weighted by Crippen LogP contribution is 2.21. The molecule has 1 N–H and O–H groups in total. The zero-order chi connectivity index (χ0) is 13.1.